The highest BCUT2D eigenvalue weighted by Crippen LogP contribution is 2.31. The second-order valence-electron chi connectivity index (χ2n) is 6.41. The maximum atomic E-state index is 13.3. The molecular weight excluding hydrogens is 405 g/mol. The number of methoxy groups -OCH3 is 1. The van der Waals surface area contributed by atoms with Crippen LogP contribution in [0.5, 0.6) is 5.75 Å². The van der Waals surface area contributed by atoms with E-state index in [1.807, 2.05) is 0 Å². The van der Waals surface area contributed by atoms with Gasteiger partial charge in [0.25, 0.3) is 11.8 Å². The van der Waals surface area contributed by atoms with Gasteiger partial charge in [0.1, 0.15) is 17.1 Å². The van der Waals surface area contributed by atoms with Gasteiger partial charge in [0.15, 0.2) is 5.11 Å². The molecule has 3 aromatic rings. The van der Waals surface area contributed by atoms with E-state index < -0.39 is 11.8 Å². The molecule has 0 atom stereocenters. The van der Waals surface area contributed by atoms with Crippen LogP contribution in [0.3, 0.4) is 0 Å². The van der Waals surface area contributed by atoms with E-state index in [9.17, 15) is 14.0 Å². The van der Waals surface area contributed by atoms with Gasteiger partial charge in [0, 0.05) is 17.6 Å². The Hall–Kier alpha value is -3.78. The number of carbonyl (C=O) groups is 2. The van der Waals surface area contributed by atoms with Crippen molar-refractivity contribution in [2.45, 2.75) is 0 Å². The van der Waals surface area contributed by atoms with E-state index in [0.29, 0.717) is 22.8 Å². The van der Waals surface area contributed by atoms with Crippen molar-refractivity contribution in [2.24, 2.45) is 0 Å². The van der Waals surface area contributed by atoms with Gasteiger partial charge < -0.3 is 9.30 Å². The van der Waals surface area contributed by atoms with Crippen molar-refractivity contribution < 1.29 is 18.7 Å². The molecule has 150 valence electrons. The number of hydrogen-bond donors (Lipinski definition) is 1. The maximum Gasteiger partial charge on any atom is 0.270 e. The largest absolute Gasteiger partial charge is 0.495 e. The first-order chi connectivity index (χ1) is 14.5. The Morgan fingerprint density at radius 3 is 2.50 bits per heavy atom. The first-order valence-electron chi connectivity index (χ1n) is 8.97. The average Bonchev–Trinajstić information content (AvgIpc) is 3.20. The summed E-state index contributed by atoms with van der Waals surface area (Å²) in [6, 6.07) is 16.3. The van der Waals surface area contributed by atoms with Crippen molar-refractivity contribution in [1.29, 1.82) is 0 Å². The molecule has 6 nitrogen and oxygen atoms in total. The van der Waals surface area contributed by atoms with Gasteiger partial charge in [-0.2, -0.15) is 0 Å². The molecule has 2 aromatic carbocycles. The van der Waals surface area contributed by atoms with Gasteiger partial charge in [-0.15, -0.1) is 0 Å². The number of nitrogens with one attached hydrogen (secondary N) is 1. The quantitative estimate of drug-likeness (QED) is 0.398. The summed E-state index contributed by atoms with van der Waals surface area (Å²) in [5, 5.41) is 2.53. The molecule has 1 saturated heterocycles. The zero-order valence-corrected chi connectivity index (χ0v) is 16.7. The first-order valence-corrected chi connectivity index (χ1v) is 9.38. The Balaban J connectivity index is 1.76. The molecule has 1 aliphatic rings. The summed E-state index contributed by atoms with van der Waals surface area (Å²) in [6.45, 7) is 0. The average molecular weight is 421 g/mol. The molecular formula is C22H16FN3O3S. The van der Waals surface area contributed by atoms with E-state index >= 15 is 0 Å². The molecule has 0 spiro atoms. The van der Waals surface area contributed by atoms with Gasteiger partial charge in [0.2, 0.25) is 0 Å². The summed E-state index contributed by atoms with van der Waals surface area (Å²) in [5.41, 5.74) is 1.60. The molecule has 8 heteroatoms. The van der Waals surface area contributed by atoms with Crippen LogP contribution in [0.1, 0.15) is 5.69 Å². The first kappa shape index (κ1) is 19.5. The number of amides is 2. The Bertz CT molecular complexity index is 1180. The number of thiocarbonyl (C=S) groups is 1. The standard InChI is InChI=1S/C22H16FN3O3S/c1-29-19-7-3-2-6-18(19)26-21(28)17(20(27)24-22(26)30)13-16-5-4-12-25(16)15-10-8-14(23)9-11-15/h2-13H,1H3,(H,24,27,30)/b17-13+. The number of benzene rings is 2. The monoisotopic (exact) mass is 421 g/mol. The number of rotatable bonds is 4. The van der Waals surface area contributed by atoms with Gasteiger partial charge in [0.05, 0.1) is 12.8 Å². The molecule has 1 fully saturated rings. The second kappa shape index (κ2) is 7.92. The van der Waals surface area contributed by atoms with Crippen molar-refractivity contribution in [1.82, 2.24) is 9.88 Å². The number of para-hydroxylation sites is 2. The minimum Gasteiger partial charge on any atom is -0.495 e. The van der Waals surface area contributed by atoms with E-state index in [1.165, 1.54) is 30.2 Å². The van der Waals surface area contributed by atoms with Crippen molar-refractivity contribution in [3.05, 3.63) is 83.9 Å². The van der Waals surface area contributed by atoms with E-state index in [1.54, 1.807) is 59.3 Å². The lowest BCUT2D eigenvalue weighted by Crippen LogP contribution is -2.54. The van der Waals surface area contributed by atoms with Crippen LogP contribution in [0.2, 0.25) is 0 Å². The summed E-state index contributed by atoms with van der Waals surface area (Å²) in [5.74, 6) is -1.07. The molecule has 2 amide bonds. The molecule has 1 N–H and O–H groups in total. The minimum absolute atomic E-state index is 0.0273. The molecule has 0 unspecified atom stereocenters. The highest BCUT2D eigenvalue weighted by molar-refractivity contribution is 7.80. The summed E-state index contributed by atoms with van der Waals surface area (Å²) in [4.78, 5) is 27.0. The van der Waals surface area contributed by atoms with E-state index in [-0.39, 0.29) is 16.5 Å². The Morgan fingerprint density at radius 1 is 1.03 bits per heavy atom. The Morgan fingerprint density at radius 2 is 1.77 bits per heavy atom. The van der Waals surface area contributed by atoms with Crippen LogP contribution in [0.25, 0.3) is 11.8 Å². The van der Waals surface area contributed by atoms with Crippen LogP contribution >= 0.6 is 12.2 Å². The SMILES string of the molecule is COc1ccccc1N1C(=O)/C(=C/c2cccn2-c2ccc(F)cc2)C(=O)NC1=S. The van der Waals surface area contributed by atoms with Crippen LogP contribution < -0.4 is 15.0 Å². The van der Waals surface area contributed by atoms with Gasteiger partial charge in [-0.05, 0) is 66.8 Å². The van der Waals surface area contributed by atoms with Gasteiger partial charge >= 0.3 is 0 Å². The fraction of sp³-hybridized carbons (Fsp3) is 0.0455. The lowest BCUT2D eigenvalue weighted by molar-refractivity contribution is -0.122. The number of aromatic nitrogens is 1. The molecule has 0 saturated carbocycles. The normalized spacial score (nSPS) is 15.5. The predicted octanol–water partition coefficient (Wildman–Crippen LogP) is 3.46. The number of halogens is 1. The smallest absolute Gasteiger partial charge is 0.270 e. The third kappa shape index (κ3) is 3.48. The number of carbonyl (C=O) groups excluding carboxylic acids is 2. The second-order valence-corrected chi connectivity index (χ2v) is 6.80. The van der Waals surface area contributed by atoms with Crippen LogP contribution in [0.15, 0.2) is 72.4 Å². The number of ether oxygens (including phenoxy) is 1. The van der Waals surface area contributed by atoms with E-state index in [0.717, 1.165) is 0 Å². The molecule has 1 aliphatic heterocycles. The van der Waals surface area contributed by atoms with Crippen LogP contribution in [-0.4, -0.2) is 28.6 Å². The van der Waals surface area contributed by atoms with Gasteiger partial charge in [-0.3, -0.25) is 14.9 Å². The van der Waals surface area contributed by atoms with E-state index in [2.05, 4.69) is 5.32 Å². The summed E-state index contributed by atoms with van der Waals surface area (Å²) >= 11 is 5.24. The maximum absolute atomic E-state index is 13.3. The van der Waals surface area contributed by atoms with E-state index in [4.69, 9.17) is 17.0 Å². The summed E-state index contributed by atoms with van der Waals surface area (Å²) in [7, 11) is 1.49. The summed E-state index contributed by atoms with van der Waals surface area (Å²) < 4.78 is 20.3. The lowest BCUT2D eigenvalue weighted by Gasteiger charge is -2.29. The number of nitrogens with zero attached hydrogens (tertiary/aromatic N) is 2. The summed E-state index contributed by atoms with van der Waals surface area (Å²) in [6.07, 6.45) is 3.23. The minimum atomic E-state index is -0.594. The topological polar surface area (TPSA) is 63.6 Å². The molecule has 4 rings (SSSR count). The number of anilines is 1. The van der Waals surface area contributed by atoms with Crippen molar-refractivity contribution >= 4 is 40.9 Å². The molecule has 1 aromatic heterocycles. The van der Waals surface area contributed by atoms with Crippen LogP contribution in [-0.2, 0) is 9.59 Å². The molecule has 0 aliphatic carbocycles. The van der Waals surface area contributed by atoms with Crippen molar-refractivity contribution in [2.75, 3.05) is 12.0 Å². The fourth-order valence-electron chi connectivity index (χ4n) is 3.19. The Kier molecular flexibility index (Phi) is 5.16. The van der Waals surface area contributed by atoms with Gasteiger partial charge in [-0.1, -0.05) is 12.1 Å². The van der Waals surface area contributed by atoms with Crippen LogP contribution in [0.4, 0.5) is 10.1 Å². The zero-order chi connectivity index (χ0) is 21.3. The fourth-order valence-corrected chi connectivity index (χ4v) is 3.46. The van der Waals surface area contributed by atoms with Crippen LogP contribution in [0, 0.1) is 5.82 Å². The number of hydrogen-bond acceptors (Lipinski definition) is 4. The third-order valence-corrected chi connectivity index (χ3v) is 4.89. The lowest BCUT2D eigenvalue weighted by atomic mass is 10.1. The van der Waals surface area contributed by atoms with Gasteiger partial charge in [-0.25, -0.2) is 9.29 Å². The highest BCUT2D eigenvalue weighted by Gasteiger charge is 2.36. The molecule has 0 bridgehead atoms. The Labute approximate surface area is 177 Å². The third-order valence-electron chi connectivity index (χ3n) is 4.61. The molecule has 0 radical (unpaired) electrons. The van der Waals surface area contributed by atoms with Crippen molar-refractivity contribution in [3.63, 3.8) is 0 Å². The highest BCUT2D eigenvalue weighted by atomic mass is 32.1. The zero-order valence-electron chi connectivity index (χ0n) is 15.8. The van der Waals surface area contributed by atoms with Crippen molar-refractivity contribution in [3.8, 4) is 11.4 Å². The predicted molar refractivity (Wildman–Crippen MR) is 115 cm³/mol. The molecule has 2 heterocycles. The molecule has 30 heavy (non-hydrogen) atoms.